The van der Waals surface area contributed by atoms with E-state index in [-0.39, 0.29) is 17.7 Å². The normalized spacial score (nSPS) is 18.1. The summed E-state index contributed by atoms with van der Waals surface area (Å²) in [5.74, 6) is -0.0163. The lowest BCUT2D eigenvalue weighted by atomic mass is 10.1. The topological polar surface area (TPSA) is 71.5 Å². The Morgan fingerprint density at radius 3 is 3.14 bits per heavy atom. The summed E-state index contributed by atoms with van der Waals surface area (Å²) in [7, 11) is 1.61. The third-order valence-corrected chi connectivity index (χ3v) is 3.73. The SMILES string of the molecule is COCCN1C[C@@H](CNC(=O)c2ccncc2Cl)CC1=O. The van der Waals surface area contributed by atoms with Crippen molar-refractivity contribution in [1.29, 1.82) is 0 Å². The molecule has 1 atom stereocenters. The van der Waals surface area contributed by atoms with Gasteiger partial charge in [-0.1, -0.05) is 11.6 Å². The minimum atomic E-state index is -0.245. The van der Waals surface area contributed by atoms with Crippen LogP contribution in [0.4, 0.5) is 0 Å². The lowest BCUT2D eigenvalue weighted by Crippen LogP contribution is -2.32. The number of nitrogens with one attached hydrogen (secondary N) is 1. The second-order valence-electron chi connectivity index (χ2n) is 4.97. The Hall–Kier alpha value is -1.66. The quantitative estimate of drug-likeness (QED) is 0.849. The minimum absolute atomic E-state index is 0.105. The summed E-state index contributed by atoms with van der Waals surface area (Å²) in [5.41, 5.74) is 0.396. The first-order chi connectivity index (χ1) is 10.1. The molecule has 1 fully saturated rings. The number of likely N-dealkylation sites (tertiary alicyclic amines) is 1. The van der Waals surface area contributed by atoms with Gasteiger partial charge in [0.05, 0.1) is 17.2 Å². The van der Waals surface area contributed by atoms with Crippen LogP contribution in [0.3, 0.4) is 0 Å². The molecule has 21 heavy (non-hydrogen) atoms. The molecule has 1 N–H and O–H groups in total. The lowest BCUT2D eigenvalue weighted by Gasteiger charge is -2.16. The summed E-state index contributed by atoms with van der Waals surface area (Å²) in [5, 5.41) is 3.14. The molecule has 1 saturated heterocycles. The Labute approximate surface area is 128 Å². The fourth-order valence-electron chi connectivity index (χ4n) is 2.30. The number of amides is 2. The highest BCUT2D eigenvalue weighted by Gasteiger charge is 2.29. The van der Waals surface area contributed by atoms with Gasteiger partial charge in [-0.15, -0.1) is 0 Å². The molecule has 2 rings (SSSR count). The number of methoxy groups -OCH3 is 1. The van der Waals surface area contributed by atoms with Crippen molar-refractivity contribution in [3.05, 3.63) is 29.0 Å². The summed E-state index contributed by atoms with van der Waals surface area (Å²) in [4.78, 5) is 29.4. The van der Waals surface area contributed by atoms with Gasteiger partial charge < -0.3 is 15.0 Å². The van der Waals surface area contributed by atoms with Crippen molar-refractivity contribution in [1.82, 2.24) is 15.2 Å². The van der Waals surface area contributed by atoms with Gasteiger partial charge in [-0.2, -0.15) is 0 Å². The molecule has 0 radical (unpaired) electrons. The number of nitrogens with zero attached hydrogens (tertiary/aromatic N) is 2. The van der Waals surface area contributed by atoms with E-state index in [0.29, 0.717) is 43.2 Å². The molecule has 0 unspecified atom stereocenters. The molecule has 1 aliphatic rings. The highest BCUT2D eigenvalue weighted by molar-refractivity contribution is 6.33. The van der Waals surface area contributed by atoms with Crippen LogP contribution in [0.1, 0.15) is 16.8 Å². The number of aromatic nitrogens is 1. The van der Waals surface area contributed by atoms with Crippen molar-refractivity contribution < 1.29 is 14.3 Å². The van der Waals surface area contributed by atoms with Crippen LogP contribution in [0.5, 0.6) is 0 Å². The number of halogens is 1. The molecule has 114 valence electrons. The number of rotatable bonds is 6. The average molecular weight is 312 g/mol. The predicted octanol–water partition coefficient (Wildman–Crippen LogP) is 0.960. The molecule has 2 heterocycles. The maximum atomic E-state index is 12.0. The van der Waals surface area contributed by atoms with Crippen LogP contribution in [-0.4, -0.2) is 55.0 Å². The summed E-state index contributed by atoms with van der Waals surface area (Å²) >= 11 is 5.92. The van der Waals surface area contributed by atoms with Crippen LogP contribution >= 0.6 is 11.6 Å². The fourth-order valence-corrected chi connectivity index (χ4v) is 2.51. The first-order valence-corrected chi connectivity index (χ1v) is 7.14. The average Bonchev–Trinajstić information content (AvgIpc) is 2.83. The third kappa shape index (κ3) is 4.15. The standard InChI is InChI=1S/C14H18ClN3O3/c1-21-5-4-18-9-10(6-13(18)19)7-17-14(20)11-2-3-16-8-12(11)15/h2-3,8,10H,4-7,9H2,1H3,(H,17,20)/t10-/m1/s1. The van der Waals surface area contributed by atoms with Gasteiger partial charge in [-0.05, 0) is 6.07 Å². The van der Waals surface area contributed by atoms with E-state index in [0.717, 1.165) is 0 Å². The molecule has 1 aromatic heterocycles. The van der Waals surface area contributed by atoms with Crippen LogP contribution in [0.15, 0.2) is 18.5 Å². The van der Waals surface area contributed by atoms with Crippen molar-refractivity contribution in [2.75, 3.05) is 33.4 Å². The first kappa shape index (κ1) is 15.7. The van der Waals surface area contributed by atoms with Crippen LogP contribution in [-0.2, 0) is 9.53 Å². The molecule has 0 spiro atoms. The van der Waals surface area contributed by atoms with Crippen molar-refractivity contribution >= 4 is 23.4 Å². The fraction of sp³-hybridized carbons (Fsp3) is 0.500. The van der Waals surface area contributed by atoms with Gasteiger partial charge in [0, 0.05) is 51.5 Å². The smallest absolute Gasteiger partial charge is 0.252 e. The Balaban J connectivity index is 1.83. The molecular weight excluding hydrogens is 294 g/mol. The molecule has 1 aliphatic heterocycles. The minimum Gasteiger partial charge on any atom is -0.383 e. The maximum Gasteiger partial charge on any atom is 0.252 e. The van der Waals surface area contributed by atoms with E-state index in [1.807, 2.05) is 0 Å². The number of carbonyl (C=O) groups is 2. The molecule has 6 nitrogen and oxygen atoms in total. The van der Waals surface area contributed by atoms with Gasteiger partial charge in [0.1, 0.15) is 0 Å². The molecule has 0 aromatic carbocycles. The van der Waals surface area contributed by atoms with Gasteiger partial charge in [-0.25, -0.2) is 0 Å². The van der Waals surface area contributed by atoms with Crippen LogP contribution < -0.4 is 5.32 Å². The molecule has 0 saturated carbocycles. The monoisotopic (exact) mass is 311 g/mol. The highest BCUT2D eigenvalue weighted by atomic mass is 35.5. The van der Waals surface area contributed by atoms with E-state index < -0.39 is 0 Å². The number of hydrogen-bond acceptors (Lipinski definition) is 4. The Morgan fingerprint density at radius 1 is 1.62 bits per heavy atom. The van der Waals surface area contributed by atoms with Crippen LogP contribution in [0.2, 0.25) is 5.02 Å². The Morgan fingerprint density at radius 2 is 2.43 bits per heavy atom. The molecule has 1 aromatic rings. The molecule has 0 aliphatic carbocycles. The van der Waals surface area contributed by atoms with E-state index in [2.05, 4.69) is 10.3 Å². The number of ether oxygens (including phenoxy) is 1. The number of carbonyl (C=O) groups excluding carboxylic acids is 2. The predicted molar refractivity (Wildman–Crippen MR) is 78.1 cm³/mol. The lowest BCUT2D eigenvalue weighted by molar-refractivity contribution is -0.128. The Kier molecular flexibility index (Phi) is 5.52. The zero-order valence-electron chi connectivity index (χ0n) is 11.8. The van der Waals surface area contributed by atoms with Crippen LogP contribution in [0.25, 0.3) is 0 Å². The Bertz CT molecular complexity index is 524. The zero-order chi connectivity index (χ0) is 15.2. The first-order valence-electron chi connectivity index (χ1n) is 6.76. The van der Waals surface area contributed by atoms with Gasteiger partial charge in [-0.3, -0.25) is 14.6 Å². The second-order valence-corrected chi connectivity index (χ2v) is 5.38. The summed E-state index contributed by atoms with van der Waals surface area (Å²) in [6.07, 6.45) is 3.41. The van der Waals surface area contributed by atoms with Crippen molar-refractivity contribution in [3.8, 4) is 0 Å². The van der Waals surface area contributed by atoms with E-state index in [4.69, 9.17) is 16.3 Å². The molecule has 2 amide bonds. The largest absolute Gasteiger partial charge is 0.383 e. The zero-order valence-corrected chi connectivity index (χ0v) is 12.6. The summed E-state index contributed by atoms with van der Waals surface area (Å²) < 4.78 is 4.97. The van der Waals surface area contributed by atoms with Crippen molar-refractivity contribution in [2.45, 2.75) is 6.42 Å². The van der Waals surface area contributed by atoms with Crippen molar-refractivity contribution in [3.63, 3.8) is 0 Å². The van der Waals surface area contributed by atoms with Gasteiger partial charge >= 0.3 is 0 Å². The van der Waals surface area contributed by atoms with E-state index in [9.17, 15) is 9.59 Å². The van der Waals surface area contributed by atoms with E-state index in [1.165, 1.54) is 12.4 Å². The molecular formula is C14H18ClN3O3. The molecule has 7 heteroatoms. The van der Waals surface area contributed by atoms with Crippen molar-refractivity contribution in [2.24, 2.45) is 5.92 Å². The van der Waals surface area contributed by atoms with Gasteiger partial charge in [0.25, 0.3) is 5.91 Å². The van der Waals surface area contributed by atoms with Gasteiger partial charge in [0.15, 0.2) is 0 Å². The maximum absolute atomic E-state index is 12.0. The van der Waals surface area contributed by atoms with E-state index >= 15 is 0 Å². The highest BCUT2D eigenvalue weighted by Crippen LogP contribution is 2.17. The van der Waals surface area contributed by atoms with Gasteiger partial charge in [0.2, 0.25) is 5.91 Å². The number of pyridine rings is 1. The number of hydrogen-bond donors (Lipinski definition) is 1. The third-order valence-electron chi connectivity index (χ3n) is 3.43. The van der Waals surface area contributed by atoms with E-state index in [1.54, 1.807) is 18.1 Å². The second kappa shape index (κ2) is 7.38. The molecule has 0 bridgehead atoms. The summed E-state index contributed by atoms with van der Waals surface area (Å²) in [6.45, 7) is 2.21. The summed E-state index contributed by atoms with van der Waals surface area (Å²) in [6, 6.07) is 1.57. The van der Waals surface area contributed by atoms with Crippen LogP contribution in [0, 0.1) is 5.92 Å².